The van der Waals surface area contributed by atoms with Crippen molar-refractivity contribution in [3.8, 4) is 5.75 Å². The lowest BCUT2D eigenvalue weighted by Gasteiger charge is -2.16. The Morgan fingerprint density at radius 2 is 2.00 bits per heavy atom. The molecule has 0 aliphatic carbocycles. The van der Waals surface area contributed by atoms with Crippen LogP contribution in [0.2, 0.25) is 0 Å². The molecular weight excluding hydrogens is 174 g/mol. The molecule has 2 heteroatoms. The van der Waals surface area contributed by atoms with E-state index in [2.05, 4.69) is 37.4 Å². The number of benzene rings is 1. The molecule has 1 aromatic rings. The second-order valence-electron chi connectivity index (χ2n) is 3.95. The van der Waals surface area contributed by atoms with Crippen LogP contribution in [0.1, 0.15) is 17.5 Å². The molecule has 0 bridgehead atoms. The first kappa shape index (κ1) is 9.53. The topological polar surface area (TPSA) is 21.3 Å². The molecular formula is C12H17NO. The van der Waals surface area contributed by atoms with E-state index in [1.54, 1.807) is 0 Å². The zero-order chi connectivity index (χ0) is 9.97. The van der Waals surface area contributed by atoms with Crippen LogP contribution in [0.25, 0.3) is 0 Å². The van der Waals surface area contributed by atoms with Crippen LogP contribution >= 0.6 is 0 Å². The highest BCUT2D eigenvalue weighted by Gasteiger charge is 2.17. The van der Waals surface area contributed by atoms with Crippen LogP contribution in [0.4, 0.5) is 0 Å². The number of ether oxygens (including phenoxy) is 1. The second-order valence-corrected chi connectivity index (χ2v) is 3.95. The Morgan fingerprint density at radius 3 is 2.57 bits per heavy atom. The van der Waals surface area contributed by atoms with Crippen LogP contribution in [0.15, 0.2) is 18.2 Å². The van der Waals surface area contributed by atoms with Gasteiger partial charge in [-0.05, 0) is 37.9 Å². The van der Waals surface area contributed by atoms with E-state index in [9.17, 15) is 0 Å². The van der Waals surface area contributed by atoms with Crippen LogP contribution < -0.4 is 10.1 Å². The Labute approximate surface area is 85.3 Å². The molecule has 14 heavy (non-hydrogen) atoms. The third-order valence-electron chi connectivity index (χ3n) is 2.71. The summed E-state index contributed by atoms with van der Waals surface area (Å²) in [7, 11) is 0. The molecule has 1 saturated heterocycles. The molecule has 0 saturated carbocycles. The molecule has 76 valence electrons. The Morgan fingerprint density at radius 1 is 1.29 bits per heavy atom. The van der Waals surface area contributed by atoms with E-state index in [0.29, 0.717) is 6.10 Å². The summed E-state index contributed by atoms with van der Waals surface area (Å²) >= 11 is 0. The van der Waals surface area contributed by atoms with Gasteiger partial charge in [0.05, 0.1) is 0 Å². The molecule has 2 nitrogen and oxygen atoms in total. The van der Waals surface area contributed by atoms with Crippen LogP contribution in [-0.4, -0.2) is 19.2 Å². The van der Waals surface area contributed by atoms with Crippen LogP contribution in [-0.2, 0) is 0 Å². The molecule has 1 aliphatic heterocycles. The molecule has 1 N–H and O–H groups in total. The molecule has 0 radical (unpaired) electrons. The molecule has 1 atom stereocenters. The number of aryl methyl sites for hydroxylation is 2. The molecule has 0 aromatic heterocycles. The number of hydrogen-bond acceptors (Lipinski definition) is 2. The summed E-state index contributed by atoms with van der Waals surface area (Å²) < 4.78 is 5.97. The minimum atomic E-state index is 0.356. The highest BCUT2D eigenvalue weighted by Crippen LogP contribution is 2.24. The van der Waals surface area contributed by atoms with Crippen LogP contribution in [0.3, 0.4) is 0 Å². The monoisotopic (exact) mass is 191 g/mol. The van der Waals surface area contributed by atoms with Gasteiger partial charge in [-0.25, -0.2) is 0 Å². The largest absolute Gasteiger partial charge is 0.489 e. The van der Waals surface area contributed by atoms with Gasteiger partial charge in [0, 0.05) is 6.54 Å². The van der Waals surface area contributed by atoms with E-state index in [1.165, 1.54) is 11.1 Å². The van der Waals surface area contributed by atoms with Crippen molar-refractivity contribution in [3.63, 3.8) is 0 Å². The fourth-order valence-corrected chi connectivity index (χ4v) is 1.88. The number of rotatable bonds is 2. The van der Waals surface area contributed by atoms with Gasteiger partial charge in [0.2, 0.25) is 0 Å². The standard InChI is InChI=1S/C12H17NO/c1-9-4-3-5-10(2)12(9)14-11-6-7-13-8-11/h3-5,11,13H,6-8H2,1-2H3. The predicted molar refractivity (Wildman–Crippen MR) is 57.8 cm³/mol. The van der Waals surface area contributed by atoms with Crippen molar-refractivity contribution in [1.82, 2.24) is 5.32 Å². The highest BCUT2D eigenvalue weighted by molar-refractivity contribution is 5.39. The van der Waals surface area contributed by atoms with Crippen LogP contribution in [0.5, 0.6) is 5.75 Å². The number of hydrogen-bond donors (Lipinski definition) is 1. The summed E-state index contributed by atoms with van der Waals surface area (Å²) in [6, 6.07) is 6.28. The molecule has 1 fully saturated rings. The first-order valence-electron chi connectivity index (χ1n) is 5.21. The molecule has 2 rings (SSSR count). The van der Waals surface area contributed by atoms with Gasteiger partial charge in [-0.1, -0.05) is 18.2 Å². The fraction of sp³-hybridized carbons (Fsp3) is 0.500. The van der Waals surface area contributed by atoms with E-state index in [1.807, 2.05) is 0 Å². The number of para-hydroxylation sites is 1. The summed E-state index contributed by atoms with van der Waals surface area (Å²) in [5, 5.41) is 3.31. The summed E-state index contributed by atoms with van der Waals surface area (Å²) in [6.07, 6.45) is 1.48. The highest BCUT2D eigenvalue weighted by atomic mass is 16.5. The number of nitrogens with one attached hydrogen (secondary N) is 1. The minimum Gasteiger partial charge on any atom is -0.489 e. The quantitative estimate of drug-likeness (QED) is 0.772. The Bertz CT molecular complexity index is 296. The van der Waals surface area contributed by atoms with Gasteiger partial charge < -0.3 is 10.1 Å². The van der Waals surface area contributed by atoms with Crippen molar-refractivity contribution in [1.29, 1.82) is 0 Å². The van der Waals surface area contributed by atoms with Gasteiger partial charge >= 0.3 is 0 Å². The van der Waals surface area contributed by atoms with Crippen molar-refractivity contribution >= 4 is 0 Å². The lowest BCUT2D eigenvalue weighted by atomic mass is 10.1. The Kier molecular flexibility index (Phi) is 2.73. The second kappa shape index (κ2) is 4.01. The van der Waals surface area contributed by atoms with E-state index < -0.39 is 0 Å². The lowest BCUT2D eigenvalue weighted by molar-refractivity contribution is 0.220. The average molecular weight is 191 g/mol. The zero-order valence-electron chi connectivity index (χ0n) is 8.84. The fourth-order valence-electron chi connectivity index (χ4n) is 1.88. The Balaban J connectivity index is 2.14. The third-order valence-corrected chi connectivity index (χ3v) is 2.71. The van der Waals surface area contributed by atoms with Crippen molar-refractivity contribution in [3.05, 3.63) is 29.3 Å². The van der Waals surface area contributed by atoms with Gasteiger partial charge in [-0.15, -0.1) is 0 Å². The maximum absolute atomic E-state index is 5.97. The average Bonchev–Trinajstić information content (AvgIpc) is 2.64. The third kappa shape index (κ3) is 1.90. The first-order valence-corrected chi connectivity index (χ1v) is 5.21. The summed E-state index contributed by atoms with van der Waals surface area (Å²) in [5.41, 5.74) is 2.47. The van der Waals surface area contributed by atoms with Crippen molar-refractivity contribution in [2.75, 3.05) is 13.1 Å². The smallest absolute Gasteiger partial charge is 0.125 e. The first-order chi connectivity index (χ1) is 6.77. The van der Waals surface area contributed by atoms with Gasteiger partial charge in [0.25, 0.3) is 0 Å². The van der Waals surface area contributed by atoms with Crippen LogP contribution in [0, 0.1) is 13.8 Å². The van der Waals surface area contributed by atoms with Gasteiger partial charge in [-0.2, -0.15) is 0 Å². The summed E-state index contributed by atoms with van der Waals surface area (Å²) in [4.78, 5) is 0. The molecule has 1 aliphatic rings. The lowest BCUT2D eigenvalue weighted by Crippen LogP contribution is -2.20. The Hall–Kier alpha value is -1.02. The molecule has 0 spiro atoms. The summed E-state index contributed by atoms with van der Waals surface area (Å²) in [5.74, 6) is 1.07. The van der Waals surface area contributed by atoms with Gasteiger partial charge in [0.15, 0.2) is 0 Å². The predicted octanol–water partition coefficient (Wildman–Crippen LogP) is 2.04. The molecule has 0 amide bonds. The normalized spacial score (nSPS) is 21.1. The molecule has 1 aromatic carbocycles. The zero-order valence-corrected chi connectivity index (χ0v) is 8.84. The van der Waals surface area contributed by atoms with Crippen molar-refractivity contribution in [2.45, 2.75) is 26.4 Å². The van der Waals surface area contributed by atoms with E-state index >= 15 is 0 Å². The van der Waals surface area contributed by atoms with Gasteiger partial charge in [-0.3, -0.25) is 0 Å². The summed E-state index contributed by atoms with van der Waals surface area (Å²) in [6.45, 7) is 6.26. The van der Waals surface area contributed by atoms with E-state index in [0.717, 1.165) is 25.3 Å². The maximum Gasteiger partial charge on any atom is 0.125 e. The maximum atomic E-state index is 5.97. The van der Waals surface area contributed by atoms with E-state index in [-0.39, 0.29) is 0 Å². The van der Waals surface area contributed by atoms with E-state index in [4.69, 9.17) is 4.74 Å². The molecule has 1 heterocycles. The van der Waals surface area contributed by atoms with Crippen molar-refractivity contribution < 1.29 is 4.74 Å². The van der Waals surface area contributed by atoms with Crippen molar-refractivity contribution in [2.24, 2.45) is 0 Å². The molecule has 1 unspecified atom stereocenters. The van der Waals surface area contributed by atoms with Gasteiger partial charge in [0.1, 0.15) is 11.9 Å². The minimum absolute atomic E-state index is 0.356. The SMILES string of the molecule is Cc1cccc(C)c1OC1CCNC1.